The van der Waals surface area contributed by atoms with Crippen molar-refractivity contribution in [1.29, 1.82) is 0 Å². The molecule has 1 aromatic heterocycles. The number of rotatable bonds is 9. The Morgan fingerprint density at radius 1 is 1.29 bits per heavy atom. The molecule has 4 atom stereocenters. The number of hydrogen-bond donors (Lipinski definition) is 1. The van der Waals surface area contributed by atoms with E-state index in [1.165, 1.54) is 40.9 Å². The van der Waals surface area contributed by atoms with Gasteiger partial charge in [0.15, 0.2) is 0 Å². The number of aliphatic hydroxyl groups is 1. The molecule has 0 radical (unpaired) electrons. The normalized spacial score (nSPS) is 22.3. The van der Waals surface area contributed by atoms with Crippen molar-refractivity contribution in [3.63, 3.8) is 0 Å². The first-order valence-corrected chi connectivity index (χ1v) is 12.6. The fourth-order valence-corrected chi connectivity index (χ4v) is 6.55. The van der Waals surface area contributed by atoms with Crippen molar-refractivity contribution in [3.05, 3.63) is 75.1 Å². The van der Waals surface area contributed by atoms with E-state index >= 15 is 0 Å². The number of nitrogens with zero attached hydrogens (tertiary/aromatic N) is 3. The summed E-state index contributed by atoms with van der Waals surface area (Å²) in [5.74, 6) is -1.60. The van der Waals surface area contributed by atoms with Crippen molar-refractivity contribution in [2.45, 2.75) is 37.5 Å². The Labute approximate surface area is 204 Å². The molecule has 1 fully saturated rings. The molecular formula is C23H23N3O6S2. The highest BCUT2D eigenvalue weighted by molar-refractivity contribution is 8.17. The van der Waals surface area contributed by atoms with Gasteiger partial charge in [-0.05, 0) is 36.8 Å². The Bertz CT molecular complexity index is 1120. The summed E-state index contributed by atoms with van der Waals surface area (Å²) in [4.78, 5) is 43.5. The molecule has 9 nitrogen and oxygen atoms in total. The van der Waals surface area contributed by atoms with E-state index in [0.29, 0.717) is 10.6 Å². The number of β-lactam (4-membered cyclic amide) rings is 1. The Hall–Kier alpha value is -2.89. The number of thioether (sulfide) groups is 2. The van der Waals surface area contributed by atoms with Gasteiger partial charge in [0, 0.05) is 45.3 Å². The lowest BCUT2D eigenvalue weighted by atomic mass is 9.79. The maximum absolute atomic E-state index is 13.1. The van der Waals surface area contributed by atoms with Gasteiger partial charge in [-0.2, -0.15) is 0 Å². The quantitative estimate of drug-likeness (QED) is 0.137. The Balaban J connectivity index is 1.51. The minimum Gasteiger partial charge on any atom is -0.456 e. The van der Waals surface area contributed by atoms with Crippen molar-refractivity contribution >= 4 is 41.1 Å². The number of amides is 1. The van der Waals surface area contributed by atoms with Gasteiger partial charge in [-0.15, -0.1) is 23.5 Å². The van der Waals surface area contributed by atoms with E-state index in [1.807, 2.05) is 19.1 Å². The molecule has 1 aromatic carbocycles. The van der Waals surface area contributed by atoms with Crippen LogP contribution in [0.15, 0.2) is 64.3 Å². The molecular weight excluding hydrogens is 478 g/mol. The monoisotopic (exact) mass is 501 g/mol. The van der Waals surface area contributed by atoms with Gasteiger partial charge < -0.3 is 14.7 Å². The number of nitro groups is 1. The van der Waals surface area contributed by atoms with Crippen LogP contribution in [0.2, 0.25) is 0 Å². The molecule has 2 aromatic rings. The molecule has 34 heavy (non-hydrogen) atoms. The molecule has 2 aliphatic rings. The van der Waals surface area contributed by atoms with Gasteiger partial charge in [0.2, 0.25) is 5.91 Å². The van der Waals surface area contributed by atoms with Crippen LogP contribution in [-0.4, -0.2) is 49.0 Å². The number of ether oxygens (including phenoxy) is 1. The third-order valence-corrected chi connectivity index (χ3v) is 8.29. The van der Waals surface area contributed by atoms with E-state index in [0.717, 1.165) is 9.80 Å². The number of hydrogen-bond acceptors (Lipinski definition) is 9. The largest absolute Gasteiger partial charge is 0.456 e. The van der Waals surface area contributed by atoms with Gasteiger partial charge in [-0.25, -0.2) is 4.79 Å². The van der Waals surface area contributed by atoms with Crippen molar-refractivity contribution in [2.75, 3.05) is 5.08 Å². The fourth-order valence-electron chi connectivity index (χ4n) is 4.23. The molecule has 1 amide bonds. The molecule has 2 aliphatic heterocycles. The predicted molar refractivity (Wildman–Crippen MR) is 127 cm³/mol. The van der Waals surface area contributed by atoms with Crippen molar-refractivity contribution in [1.82, 2.24) is 9.88 Å². The number of pyridine rings is 1. The molecule has 0 bridgehead atoms. The van der Waals surface area contributed by atoms with Crippen LogP contribution < -0.4 is 0 Å². The number of non-ortho nitro benzene ring substituents is 1. The third-order valence-electron chi connectivity index (χ3n) is 5.89. The summed E-state index contributed by atoms with van der Waals surface area (Å²) in [6, 6.07) is 9.25. The molecule has 0 saturated carbocycles. The van der Waals surface area contributed by atoms with Crippen LogP contribution in [0.3, 0.4) is 0 Å². The zero-order valence-corrected chi connectivity index (χ0v) is 20.1. The van der Waals surface area contributed by atoms with E-state index in [9.17, 15) is 24.8 Å². The van der Waals surface area contributed by atoms with E-state index in [-0.39, 0.29) is 35.9 Å². The molecule has 1 saturated heterocycles. The lowest BCUT2D eigenvalue weighted by Gasteiger charge is -2.46. The van der Waals surface area contributed by atoms with Gasteiger partial charge in [0.1, 0.15) is 12.3 Å². The topological polar surface area (TPSA) is 123 Å². The van der Waals surface area contributed by atoms with Gasteiger partial charge in [0.05, 0.1) is 23.0 Å². The minimum absolute atomic E-state index is 0.0506. The number of esters is 1. The van der Waals surface area contributed by atoms with Gasteiger partial charge in [-0.3, -0.25) is 19.9 Å². The first-order chi connectivity index (χ1) is 16.3. The first kappa shape index (κ1) is 24.2. The summed E-state index contributed by atoms with van der Waals surface area (Å²) >= 11 is 3.05. The van der Waals surface area contributed by atoms with Crippen molar-refractivity contribution in [2.24, 2.45) is 11.8 Å². The highest BCUT2D eigenvalue weighted by atomic mass is 32.2. The van der Waals surface area contributed by atoms with Gasteiger partial charge in [-0.1, -0.05) is 6.92 Å². The number of fused-ring (bicyclic) bond motifs is 1. The molecule has 3 heterocycles. The van der Waals surface area contributed by atoms with Crippen LogP contribution in [0.4, 0.5) is 5.69 Å². The summed E-state index contributed by atoms with van der Waals surface area (Å²) in [5, 5.41) is 21.5. The van der Waals surface area contributed by atoms with Crippen LogP contribution >= 0.6 is 23.5 Å². The number of aromatic nitrogens is 1. The molecule has 4 rings (SSSR count). The molecule has 0 unspecified atom stereocenters. The third kappa shape index (κ3) is 4.68. The SMILES string of the molecule is C[C@@H](O)[C@H]1C(=O)N2C(C(=O)OCc3ccc([N+](=O)[O-])cc3)=C(SCSc3cccnc3)[C@H](C)[C@H]12. The van der Waals surface area contributed by atoms with Crippen LogP contribution in [0.1, 0.15) is 19.4 Å². The molecule has 0 spiro atoms. The fraction of sp³-hybridized carbons (Fsp3) is 0.348. The second kappa shape index (κ2) is 10.2. The average Bonchev–Trinajstić information content (AvgIpc) is 3.06. The summed E-state index contributed by atoms with van der Waals surface area (Å²) in [7, 11) is 0. The molecule has 1 N–H and O–H groups in total. The standard InChI is InChI=1S/C23H23N3O6S2/c1-13-19-18(14(2)27)22(28)25(19)20(21(13)34-12-33-17-4-3-9-24-10-17)23(29)32-11-15-5-7-16(8-6-15)26(30)31/h3-10,13-14,18-19,27H,11-12H2,1-2H3/t13-,14-,18-,19-/m1/s1. The smallest absolute Gasteiger partial charge is 0.356 e. The highest BCUT2D eigenvalue weighted by Gasteiger charge is 2.60. The number of carbonyl (C=O) groups excluding carboxylic acids is 2. The summed E-state index contributed by atoms with van der Waals surface area (Å²) in [5.41, 5.74) is 0.767. The maximum atomic E-state index is 13.1. The van der Waals surface area contributed by atoms with E-state index in [4.69, 9.17) is 4.74 Å². The van der Waals surface area contributed by atoms with Crippen LogP contribution in [0, 0.1) is 22.0 Å². The first-order valence-electron chi connectivity index (χ1n) is 10.6. The summed E-state index contributed by atoms with van der Waals surface area (Å²) < 4.78 is 5.50. The second-order valence-corrected chi connectivity index (χ2v) is 10.5. The summed E-state index contributed by atoms with van der Waals surface area (Å²) in [6.07, 6.45) is 2.64. The highest BCUT2D eigenvalue weighted by Crippen LogP contribution is 2.51. The van der Waals surface area contributed by atoms with Gasteiger partial charge in [0.25, 0.3) is 5.69 Å². The number of benzene rings is 1. The van der Waals surface area contributed by atoms with E-state index in [2.05, 4.69) is 4.98 Å². The van der Waals surface area contributed by atoms with Crippen LogP contribution in [-0.2, 0) is 20.9 Å². The van der Waals surface area contributed by atoms with E-state index < -0.39 is 22.9 Å². The lowest BCUT2D eigenvalue weighted by molar-refractivity contribution is -0.384. The zero-order chi connectivity index (χ0) is 24.4. The van der Waals surface area contributed by atoms with E-state index in [1.54, 1.807) is 31.1 Å². The number of carbonyl (C=O) groups is 2. The van der Waals surface area contributed by atoms with Gasteiger partial charge >= 0.3 is 5.97 Å². The Morgan fingerprint density at radius 2 is 2.03 bits per heavy atom. The predicted octanol–water partition coefficient (Wildman–Crippen LogP) is 3.59. The second-order valence-electron chi connectivity index (χ2n) is 8.06. The lowest BCUT2D eigenvalue weighted by Crippen LogP contribution is -2.63. The van der Waals surface area contributed by atoms with Crippen LogP contribution in [0.5, 0.6) is 0 Å². The Morgan fingerprint density at radius 3 is 2.65 bits per heavy atom. The van der Waals surface area contributed by atoms with Crippen LogP contribution in [0.25, 0.3) is 0 Å². The average molecular weight is 502 g/mol. The minimum atomic E-state index is -0.817. The van der Waals surface area contributed by atoms with Crippen molar-refractivity contribution < 1.29 is 24.4 Å². The molecule has 11 heteroatoms. The maximum Gasteiger partial charge on any atom is 0.356 e. The number of nitro benzene ring substituents is 1. The summed E-state index contributed by atoms with van der Waals surface area (Å²) in [6.45, 7) is 3.46. The zero-order valence-electron chi connectivity index (χ0n) is 18.5. The van der Waals surface area contributed by atoms with Crippen molar-refractivity contribution in [3.8, 4) is 0 Å². The molecule has 178 valence electrons. The Kier molecular flexibility index (Phi) is 7.24. The number of aliphatic hydroxyl groups excluding tert-OH is 1. The molecule has 0 aliphatic carbocycles.